The SMILES string of the molecule is CCCCCCCCNCC1=C(O)CC2C(C3=C[C@H](CC[C@H]3O)[C@H]3CC(=O)[C@@H]4NC(=O)[C@H](CC(N)=O)CC(=O)[C@H](NC(=O)[C@H](CC)CC(C)C)[C@H](O)[C@H]5C=C[C@@H](Oc6cc4cc(c6O[C@@H]4C[C@H](CN)[C@@H](O)[C@H](O)[C@H]4O)O[C@@H]4CC[C@@H](C=C4Cl)[C@@H](O)[C@H](NC3=O)C(=O)N[C@@H]2C(=O)CC2C3CC4CC(C3)CC2C4)[C@H](Cl)C5)[C@H]1O. The lowest BCUT2D eigenvalue weighted by Crippen LogP contribution is -2.62. The molecule has 24 atom stereocenters. The molecule has 28 heteroatoms. The maximum Gasteiger partial charge on any atom is 0.245 e. The molecule has 17 N–H and O–H groups in total. The molecule has 9 aliphatic carbocycles. The number of nitrogens with one attached hydrogen (secondary N) is 5. The van der Waals surface area contributed by atoms with Crippen molar-refractivity contribution >= 4 is 70.1 Å². The van der Waals surface area contributed by atoms with E-state index in [9.17, 15) is 50.4 Å². The number of amides is 5. The average Bonchev–Trinajstić information content (AvgIpc) is 0.747. The molecular formula is C83H119Cl2N7O19. The Morgan fingerprint density at radius 1 is 0.712 bits per heavy atom. The third-order valence-electron chi connectivity index (χ3n) is 26.8. The van der Waals surface area contributed by atoms with Crippen molar-refractivity contribution in [2.75, 3.05) is 19.6 Å². The highest BCUT2D eigenvalue weighted by molar-refractivity contribution is 6.30. The number of unbranched alkanes of at least 4 members (excludes halogenated alkanes) is 5. The number of hydrogen-bond donors (Lipinski definition) is 15. The second-order valence-electron chi connectivity index (χ2n) is 34.9. The standard InChI is InChI=1S/C83H119Cl2N7O19/c1-5-7-8-9-10-11-18-88-37-54-58(94)35-53-68(76(54)102)52-25-42(12-15-57(52)93)51-34-60(96)69-47-29-65(109-62-16-13-43(26-55(62)84)73(99)71(91-80(105)41(6-2)19-38(3)4)59(95)28-48(32-67(87)98)81(106)89-69)79(111-64-31-49(36-86)75(101)78(104)77(64)103)66(30-47)110-63-17-14-44(27-56(63)85)74(100)72(92-82(51)107)83(108)90-70(53)61(97)33-50-45-21-39-20-40(23-45)24-46(50)22-39/h13,16,25,27,29-30,38-46,48-51,53,55,57,62-64,68-78,88,93-94,99-104H,5-12,14-15,17-24,26,28,31-37,86H2,1-4H3,(H2,87,98)(H,89,106)(H,90,108)(H,91,105)(H,92,107)/t39?,40?,41-,42+,43+,44+,45?,46?,48+,49-,50?,51-,53?,55-,57-,62-,63-,64-,68?,69-,70+,71+,72+,73-,74-,75-,76+,77+,78+/m1/s1. The summed E-state index contributed by atoms with van der Waals surface area (Å²) >= 11 is 14.7. The summed E-state index contributed by atoms with van der Waals surface area (Å²) in [5.74, 6) is -16.2. The molecule has 5 fully saturated rings. The first-order valence-corrected chi connectivity index (χ1v) is 42.1. The number of fused-ring (bicyclic) bond motifs is 12. The largest absolute Gasteiger partial charge is 0.512 e. The van der Waals surface area contributed by atoms with Gasteiger partial charge in [0.25, 0.3) is 0 Å². The van der Waals surface area contributed by atoms with Crippen LogP contribution in [0.25, 0.3) is 0 Å². The molecular weight excluding hydrogens is 1470 g/mol. The zero-order valence-electron chi connectivity index (χ0n) is 64.4. The van der Waals surface area contributed by atoms with Crippen LogP contribution >= 0.6 is 23.2 Å². The summed E-state index contributed by atoms with van der Waals surface area (Å²) in [4.78, 5) is 123. The predicted molar refractivity (Wildman–Crippen MR) is 411 cm³/mol. The molecule has 614 valence electrons. The second kappa shape index (κ2) is 36.8. The first-order chi connectivity index (χ1) is 53.0. The number of carbonyl (C=O) groups is 8. The Kier molecular flexibility index (Phi) is 28.0. The number of hydrogen-bond acceptors (Lipinski definition) is 21. The van der Waals surface area contributed by atoms with Gasteiger partial charge in [-0.1, -0.05) is 89.6 Å². The summed E-state index contributed by atoms with van der Waals surface area (Å²) in [6.45, 7) is 8.25. The lowest BCUT2D eigenvalue weighted by molar-refractivity contribution is -0.149. The third-order valence-corrected chi connectivity index (χ3v) is 27.6. The van der Waals surface area contributed by atoms with Crippen molar-refractivity contribution in [3.05, 3.63) is 63.9 Å². The van der Waals surface area contributed by atoms with E-state index in [1.54, 1.807) is 12.2 Å². The summed E-state index contributed by atoms with van der Waals surface area (Å²) in [6.07, 6.45) is 0.0328. The number of benzene rings is 1. The van der Waals surface area contributed by atoms with Gasteiger partial charge in [0, 0.05) is 79.7 Å². The van der Waals surface area contributed by atoms with Gasteiger partial charge in [0.05, 0.1) is 64.6 Å². The van der Waals surface area contributed by atoms with Gasteiger partial charge in [-0.2, -0.15) is 0 Å². The zero-order valence-corrected chi connectivity index (χ0v) is 65.9. The topological polar surface area (TPSA) is 438 Å². The summed E-state index contributed by atoms with van der Waals surface area (Å²) in [6, 6.07) is -4.38. The molecule has 2 unspecified atom stereocenters. The van der Waals surface area contributed by atoms with Gasteiger partial charge in [-0.15, -0.1) is 11.6 Å². The van der Waals surface area contributed by atoms with Crippen molar-refractivity contribution in [2.45, 2.75) is 272 Å². The number of primary amides is 1. The van der Waals surface area contributed by atoms with Crippen molar-refractivity contribution in [2.24, 2.45) is 100 Å². The number of rotatable bonds is 22. The molecule has 5 aliphatic heterocycles. The van der Waals surface area contributed by atoms with Crippen molar-refractivity contribution in [3.63, 3.8) is 0 Å². The van der Waals surface area contributed by atoms with Crippen LogP contribution in [-0.2, 0) is 38.4 Å². The van der Waals surface area contributed by atoms with E-state index in [1.807, 2.05) is 20.8 Å². The van der Waals surface area contributed by atoms with Gasteiger partial charge in [-0.05, 0) is 174 Å². The van der Waals surface area contributed by atoms with E-state index < -0.39 is 204 Å². The fraction of sp³-hybridized carbons (Fsp3) is 0.735. The fourth-order valence-electron chi connectivity index (χ4n) is 20.9. The molecule has 1 aromatic carbocycles. The maximum absolute atomic E-state index is 16.6. The summed E-state index contributed by atoms with van der Waals surface area (Å²) in [5.41, 5.74) is 12.4. The molecule has 5 amide bonds. The van der Waals surface area contributed by atoms with Gasteiger partial charge in [-0.3, -0.25) is 38.4 Å². The monoisotopic (exact) mass is 1590 g/mol. The van der Waals surface area contributed by atoms with Gasteiger partial charge >= 0.3 is 0 Å². The van der Waals surface area contributed by atoms with Crippen molar-refractivity contribution in [1.82, 2.24) is 26.6 Å². The Morgan fingerprint density at radius 3 is 2.07 bits per heavy atom. The van der Waals surface area contributed by atoms with Crippen LogP contribution in [0.2, 0.25) is 0 Å². The Labute approximate surface area is 660 Å². The minimum Gasteiger partial charge on any atom is -0.512 e. The molecule has 15 bridgehead atoms. The van der Waals surface area contributed by atoms with E-state index >= 15 is 28.8 Å². The molecule has 0 saturated heterocycles. The molecule has 1 aromatic rings. The summed E-state index contributed by atoms with van der Waals surface area (Å²) in [7, 11) is 0. The molecule has 5 saturated carbocycles. The normalized spacial score (nSPS) is 38.7. The van der Waals surface area contributed by atoms with Crippen molar-refractivity contribution in [3.8, 4) is 17.2 Å². The minimum absolute atomic E-state index is 0.00513. The van der Waals surface area contributed by atoms with Crippen LogP contribution in [0.5, 0.6) is 17.2 Å². The van der Waals surface area contributed by atoms with Gasteiger partial charge < -0.3 is 93.1 Å². The predicted octanol–water partition coefficient (Wildman–Crippen LogP) is 5.67. The summed E-state index contributed by atoms with van der Waals surface area (Å²) in [5, 5.41) is 112. The fourth-order valence-corrected chi connectivity index (χ4v) is 21.6. The van der Waals surface area contributed by atoms with Crippen LogP contribution < -0.4 is 52.3 Å². The van der Waals surface area contributed by atoms with Gasteiger partial charge in [0.15, 0.2) is 28.8 Å². The van der Waals surface area contributed by atoms with Gasteiger partial charge in [-0.25, -0.2) is 0 Å². The Morgan fingerprint density at radius 2 is 1.41 bits per heavy atom. The number of aliphatic hydroxyl groups is 8. The molecule has 0 aromatic heterocycles. The number of aliphatic hydroxyl groups excluding tert-OH is 8. The van der Waals surface area contributed by atoms with Crippen molar-refractivity contribution in [1.29, 1.82) is 0 Å². The van der Waals surface area contributed by atoms with Gasteiger partial charge in [0.1, 0.15) is 48.6 Å². The van der Waals surface area contributed by atoms with Crippen LogP contribution in [-0.4, -0.2) is 192 Å². The van der Waals surface area contributed by atoms with E-state index in [-0.39, 0.29) is 139 Å². The highest BCUT2D eigenvalue weighted by atomic mass is 35.5. The van der Waals surface area contributed by atoms with E-state index in [0.717, 1.165) is 64.2 Å². The molecule has 0 spiro atoms. The molecule has 26 nitrogen and oxygen atoms in total. The first-order valence-electron chi connectivity index (χ1n) is 41.3. The van der Waals surface area contributed by atoms with E-state index in [0.29, 0.717) is 31.2 Å². The highest BCUT2D eigenvalue weighted by Crippen LogP contribution is 2.58. The molecule has 0 radical (unpaired) electrons. The van der Waals surface area contributed by atoms with E-state index in [1.165, 1.54) is 30.7 Å². The smallest absolute Gasteiger partial charge is 0.245 e. The minimum atomic E-state index is -1.97. The highest BCUT2D eigenvalue weighted by Gasteiger charge is 2.55. The molecule has 14 aliphatic rings. The van der Waals surface area contributed by atoms with Gasteiger partial charge in [0.2, 0.25) is 35.3 Å². The van der Waals surface area contributed by atoms with Crippen LogP contribution in [0.1, 0.15) is 193 Å². The number of nitrogens with two attached hydrogens (primary N) is 2. The number of ketones is 3. The lowest BCUT2D eigenvalue weighted by atomic mass is 9.51. The second-order valence-corrected chi connectivity index (χ2v) is 35.9. The number of carbonyl (C=O) groups excluding carboxylic acids is 8. The first kappa shape index (κ1) is 84.4. The summed E-state index contributed by atoms with van der Waals surface area (Å²) < 4.78 is 20.7. The van der Waals surface area contributed by atoms with Crippen molar-refractivity contribution < 1.29 is 93.4 Å². The van der Waals surface area contributed by atoms with Crippen LogP contribution in [0.4, 0.5) is 0 Å². The maximum atomic E-state index is 16.6. The number of ether oxygens (including phenoxy) is 3. The molecule has 5 heterocycles. The number of halogens is 2. The van der Waals surface area contributed by atoms with Crippen LogP contribution in [0.3, 0.4) is 0 Å². The average molecular weight is 1590 g/mol. The number of alkyl halides is 1. The van der Waals surface area contributed by atoms with E-state index in [4.69, 9.17) is 48.9 Å². The number of Topliss-reactive ketones (excluding diaryl/α,β-unsaturated/α-hetero) is 3. The molecule has 15 rings (SSSR count). The zero-order chi connectivity index (χ0) is 79.5. The Balaban J connectivity index is 1.01. The Hall–Kier alpha value is -6.04. The quantitative estimate of drug-likeness (QED) is 0.0378. The number of allylic oxidation sites excluding steroid dienone is 2. The lowest BCUT2D eigenvalue weighted by Gasteiger charge is -2.54. The van der Waals surface area contributed by atoms with Crippen LogP contribution in [0.15, 0.2) is 58.4 Å². The van der Waals surface area contributed by atoms with E-state index in [2.05, 4.69) is 33.5 Å². The van der Waals surface area contributed by atoms with Crippen LogP contribution in [0, 0.1) is 88.8 Å². The molecule has 111 heavy (non-hydrogen) atoms. The third kappa shape index (κ3) is 18.9. The Bertz CT molecular complexity index is 3670.